The Bertz CT molecular complexity index is 514. The van der Waals surface area contributed by atoms with Gasteiger partial charge in [0, 0.05) is 25.2 Å². The fraction of sp³-hybridized carbons (Fsp3) is 0.579. The number of rotatable bonds is 10. The van der Waals surface area contributed by atoms with Crippen molar-refractivity contribution >= 4 is 11.9 Å². The van der Waals surface area contributed by atoms with Crippen LogP contribution in [0.5, 0.6) is 0 Å². The third kappa shape index (κ3) is 7.99. The molecule has 0 bridgehead atoms. The lowest BCUT2D eigenvalue weighted by atomic mass is 10.1. The van der Waals surface area contributed by atoms with Gasteiger partial charge in [-0.2, -0.15) is 0 Å². The average Bonchev–Trinajstić information content (AvgIpc) is 2.60. The molecule has 1 amide bonds. The molecule has 0 aromatic heterocycles. The molecule has 1 aromatic carbocycles. The molecule has 134 valence electrons. The minimum absolute atomic E-state index is 0.0377. The normalized spacial score (nSPS) is 11.2. The van der Waals surface area contributed by atoms with Crippen LogP contribution in [0, 0.1) is 0 Å². The van der Waals surface area contributed by atoms with Crippen LogP contribution in [0.3, 0.4) is 0 Å². The second kappa shape index (κ2) is 12.4. The standard InChI is InChI=1S/C19H32N4O/c1-4-7-8-9-13-22-19(21-6-3)23-15-16-11-10-12-17(14-16)18(24)20-5-2/h10-12,14H,4-9,13,15H2,1-3H3,(H,20,24)(H2,21,22,23). The molecule has 0 aliphatic rings. The van der Waals surface area contributed by atoms with Gasteiger partial charge < -0.3 is 16.0 Å². The quantitative estimate of drug-likeness (QED) is 0.350. The summed E-state index contributed by atoms with van der Waals surface area (Å²) in [5, 5.41) is 9.45. The fourth-order valence-corrected chi connectivity index (χ4v) is 2.34. The van der Waals surface area contributed by atoms with Gasteiger partial charge in [-0.05, 0) is 38.0 Å². The number of carbonyl (C=O) groups is 1. The van der Waals surface area contributed by atoms with Crippen LogP contribution < -0.4 is 16.0 Å². The largest absolute Gasteiger partial charge is 0.357 e. The molecule has 0 aliphatic carbocycles. The van der Waals surface area contributed by atoms with Crippen molar-refractivity contribution in [2.45, 2.75) is 53.0 Å². The van der Waals surface area contributed by atoms with Crippen LogP contribution in [0.25, 0.3) is 0 Å². The van der Waals surface area contributed by atoms with Crippen molar-refractivity contribution < 1.29 is 4.79 Å². The Labute approximate surface area is 146 Å². The van der Waals surface area contributed by atoms with Gasteiger partial charge in [-0.1, -0.05) is 38.3 Å². The molecule has 0 saturated heterocycles. The van der Waals surface area contributed by atoms with Crippen molar-refractivity contribution in [3.63, 3.8) is 0 Å². The van der Waals surface area contributed by atoms with Gasteiger partial charge in [-0.15, -0.1) is 0 Å². The predicted octanol–water partition coefficient (Wildman–Crippen LogP) is 3.07. The molecule has 0 heterocycles. The Morgan fingerprint density at radius 2 is 1.79 bits per heavy atom. The highest BCUT2D eigenvalue weighted by Crippen LogP contribution is 2.07. The zero-order valence-corrected chi connectivity index (χ0v) is 15.3. The average molecular weight is 332 g/mol. The number of nitrogens with zero attached hydrogens (tertiary/aromatic N) is 1. The molecular weight excluding hydrogens is 300 g/mol. The Morgan fingerprint density at radius 3 is 2.50 bits per heavy atom. The highest BCUT2D eigenvalue weighted by atomic mass is 16.1. The summed E-state index contributed by atoms with van der Waals surface area (Å²) < 4.78 is 0. The second-order valence-electron chi connectivity index (χ2n) is 5.74. The number of hydrogen-bond donors (Lipinski definition) is 3. The Morgan fingerprint density at radius 1 is 1.00 bits per heavy atom. The van der Waals surface area contributed by atoms with Crippen molar-refractivity contribution in [3.8, 4) is 0 Å². The predicted molar refractivity (Wildman–Crippen MR) is 101 cm³/mol. The zero-order chi connectivity index (χ0) is 17.6. The van der Waals surface area contributed by atoms with Crippen LogP contribution in [0.15, 0.2) is 29.3 Å². The first kappa shape index (κ1) is 20.0. The summed E-state index contributed by atoms with van der Waals surface area (Å²) in [6.45, 7) is 9.15. The monoisotopic (exact) mass is 332 g/mol. The molecule has 1 rings (SSSR count). The topological polar surface area (TPSA) is 65.5 Å². The van der Waals surface area contributed by atoms with Crippen molar-refractivity contribution in [2.75, 3.05) is 19.6 Å². The maximum Gasteiger partial charge on any atom is 0.251 e. The summed E-state index contributed by atoms with van der Waals surface area (Å²) in [5.41, 5.74) is 1.71. The number of guanidine groups is 1. The molecule has 0 saturated carbocycles. The van der Waals surface area contributed by atoms with E-state index in [1.165, 1.54) is 19.3 Å². The molecule has 0 radical (unpaired) electrons. The Hall–Kier alpha value is -2.04. The molecule has 0 atom stereocenters. The number of unbranched alkanes of at least 4 members (excludes halogenated alkanes) is 3. The number of nitrogens with one attached hydrogen (secondary N) is 3. The summed E-state index contributed by atoms with van der Waals surface area (Å²) in [6.07, 6.45) is 4.93. The summed E-state index contributed by atoms with van der Waals surface area (Å²) in [6, 6.07) is 7.63. The van der Waals surface area contributed by atoms with Gasteiger partial charge in [0.05, 0.1) is 6.54 Å². The van der Waals surface area contributed by atoms with Gasteiger partial charge in [0.1, 0.15) is 0 Å². The Kier molecular flexibility index (Phi) is 10.3. The molecule has 1 aromatic rings. The van der Waals surface area contributed by atoms with Crippen molar-refractivity contribution in [1.82, 2.24) is 16.0 Å². The van der Waals surface area contributed by atoms with Crippen LogP contribution in [0.2, 0.25) is 0 Å². The molecule has 0 fully saturated rings. The lowest BCUT2D eigenvalue weighted by molar-refractivity contribution is 0.0955. The maximum absolute atomic E-state index is 11.9. The van der Waals surface area contributed by atoms with Crippen LogP contribution in [-0.4, -0.2) is 31.5 Å². The molecule has 0 unspecified atom stereocenters. The molecule has 5 heteroatoms. The van der Waals surface area contributed by atoms with Gasteiger partial charge >= 0.3 is 0 Å². The van der Waals surface area contributed by atoms with Gasteiger partial charge in [-0.3, -0.25) is 4.79 Å². The minimum Gasteiger partial charge on any atom is -0.357 e. The second-order valence-corrected chi connectivity index (χ2v) is 5.74. The lowest BCUT2D eigenvalue weighted by Gasteiger charge is -2.11. The lowest BCUT2D eigenvalue weighted by Crippen LogP contribution is -2.37. The first-order valence-corrected chi connectivity index (χ1v) is 9.10. The number of amides is 1. The minimum atomic E-state index is -0.0377. The van der Waals surface area contributed by atoms with E-state index in [0.717, 1.165) is 31.0 Å². The van der Waals surface area contributed by atoms with E-state index in [0.29, 0.717) is 18.7 Å². The van der Waals surface area contributed by atoms with E-state index in [-0.39, 0.29) is 5.91 Å². The highest BCUT2D eigenvalue weighted by molar-refractivity contribution is 5.94. The third-order valence-corrected chi connectivity index (χ3v) is 3.61. The van der Waals surface area contributed by atoms with Crippen molar-refractivity contribution in [2.24, 2.45) is 4.99 Å². The smallest absolute Gasteiger partial charge is 0.251 e. The molecule has 3 N–H and O–H groups in total. The van der Waals surface area contributed by atoms with E-state index >= 15 is 0 Å². The molecule has 0 spiro atoms. The van der Waals surface area contributed by atoms with Crippen LogP contribution in [-0.2, 0) is 6.54 Å². The number of aliphatic imine (C=N–C) groups is 1. The van der Waals surface area contributed by atoms with Crippen LogP contribution >= 0.6 is 0 Å². The Balaban J connectivity index is 2.58. The SMILES string of the molecule is CCCCCCNC(=NCc1cccc(C(=O)NCC)c1)NCC. The van der Waals surface area contributed by atoms with E-state index in [1.807, 2.05) is 31.2 Å². The molecule has 0 aliphatic heterocycles. The summed E-state index contributed by atoms with van der Waals surface area (Å²) >= 11 is 0. The van der Waals surface area contributed by atoms with Gasteiger partial charge in [0.25, 0.3) is 5.91 Å². The van der Waals surface area contributed by atoms with Gasteiger partial charge in [0.2, 0.25) is 0 Å². The summed E-state index contributed by atoms with van der Waals surface area (Å²) in [5.74, 6) is 0.793. The van der Waals surface area contributed by atoms with Gasteiger partial charge in [-0.25, -0.2) is 4.99 Å². The van der Waals surface area contributed by atoms with E-state index in [1.54, 1.807) is 0 Å². The van der Waals surface area contributed by atoms with Crippen molar-refractivity contribution in [1.29, 1.82) is 0 Å². The van der Waals surface area contributed by atoms with Crippen molar-refractivity contribution in [3.05, 3.63) is 35.4 Å². The third-order valence-electron chi connectivity index (χ3n) is 3.61. The molecular formula is C19H32N4O. The molecule has 24 heavy (non-hydrogen) atoms. The number of hydrogen-bond acceptors (Lipinski definition) is 2. The van der Waals surface area contributed by atoms with E-state index < -0.39 is 0 Å². The van der Waals surface area contributed by atoms with Crippen LogP contribution in [0.1, 0.15) is 62.4 Å². The van der Waals surface area contributed by atoms with Gasteiger partial charge in [0.15, 0.2) is 5.96 Å². The zero-order valence-electron chi connectivity index (χ0n) is 15.3. The first-order valence-electron chi connectivity index (χ1n) is 9.10. The van der Waals surface area contributed by atoms with E-state index in [4.69, 9.17) is 0 Å². The number of benzene rings is 1. The fourth-order valence-electron chi connectivity index (χ4n) is 2.34. The maximum atomic E-state index is 11.9. The van der Waals surface area contributed by atoms with Crippen LogP contribution in [0.4, 0.5) is 0 Å². The summed E-state index contributed by atoms with van der Waals surface area (Å²) in [4.78, 5) is 16.5. The molecule has 5 nitrogen and oxygen atoms in total. The van der Waals surface area contributed by atoms with E-state index in [2.05, 4.69) is 34.8 Å². The number of carbonyl (C=O) groups excluding carboxylic acids is 1. The first-order chi connectivity index (χ1) is 11.7. The van der Waals surface area contributed by atoms with E-state index in [9.17, 15) is 4.79 Å². The summed E-state index contributed by atoms with van der Waals surface area (Å²) in [7, 11) is 0. The highest BCUT2D eigenvalue weighted by Gasteiger charge is 2.04.